The zero-order valence-electron chi connectivity index (χ0n) is 21.8. The number of anilines is 1. The largest absolute Gasteiger partial charge is 0.455 e. The van der Waals surface area contributed by atoms with Crippen LogP contribution in [0.25, 0.3) is 33.4 Å². The van der Waals surface area contributed by atoms with Crippen molar-refractivity contribution in [1.29, 1.82) is 0 Å². The smallest absolute Gasteiger partial charge is 0.279 e. The number of halogens is 1. The molecule has 1 amide bonds. The molecule has 5 rings (SSSR count). The Morgan fingerprint density at radius 3 is 2.20 bits per heavy atom. The number of amides is 1. The maximum atomic E-state index is 13.7. The summed E-state index contributed by atoms with van der Waals surface area (Å²) < 4.78 is 45.6. The maximum Gasteiger partial charge on any atom is 0.279 e. The molecule has 1 atom stereocenters. The number of nitrogens with one attached hydrogen (secondary N) is 2. The van der Waals surface area contributed by atoms with Crippen LogP contribution in [-0.4, -0.2) is 33.1 Å². The summed E-state index contributed by atoms with van der Waals surface area (Å²) in [5, 5.41) is 2.79. The van der Waals surface area contributed by atoms with E-state index in [9.17, 15) is 17.6 Å². The molecule has 0 bridgehead atoms. The molecule has 9 heteroatoms. The molecule has 0 aliphatic rings. The molecule has 1 aromatic heterocycles. The second kappa shape index (κ2) is 11.3. The van der Waals surface area contributed by atoms with Gasteiger partial charge in [-0.3, -0.25) is 9.63 Å². The first-order valence-corrected chi connectivity index (χ1v) is 14.4. The summed E-state index contributed by atoms with van der Waals surface area (Å²) in [6, 6.07) is 27.9. The van der Waals surface area contributed by atoms with Gasteiger partial charge in [-0.2, -0.15) is 0 Å². The lowest BCUT2D eigenvalue weighted by atomic mass is 9.98. The monoisotopic (exact) mass is 558 g/mol. The first kappa shape index (κ1) is 27.1. The standard InChI is InChI=1S/C31H27FN2O5S/c1-38-34-31(35)29-25-18-24(21-11-7-4-8-12-21)26(19-27(25)39-30(29)22-13-15-23(32)16-14-22)33-28(40(2,36)37)17-20-9-5-3-6-10-20/h3-16,18-19,28,33H,17H2,1-2H3,(H,34,35). The molecule has 0 saturated carbocycles. The Morgan fingerprint density at radius 2 is 1.57 bits per heavy atom. The number of sulfone groups is 1. The molecule has 0 saturated heterocycles. The minimum absolute atomic E-state index is 0.205. The lowest BCUT2D eigenvalue weighted by molar-refractivity contribution is 0.0539. The highest BCUT2D eigenvalue weighted by Crippen LogP contribution is 2.40. The van der Waals surface area contributed by atoms with Crippen LogP contribution in [0.4, 0.5) is 10.1 Å². The van der Waals surface area contributed by atoms with Gasteiger partial charge in [-0.1, -0.05) is 60.7 Å². The van der Waals surface area contributed by atoms with E-state index < -0.39 is 26.9 Å². The number of rotatable bonds is 9. The van der Waals surface area contributed by atoms with Crippen LogP contribution in [0.15, 0.2) is 101 Å². The SMILES string of the molecule is CONC(=O)c1c(-c2ccc(F)cc2)oc2cc(NC(Cc3ccccc3)S(C)(=O)=O)c(-c3ccccc3)cc12. The highest BCUT2D eigenvalue weighted by atomic mass is 32.2. The van der Waals surface area contributed by atoms with Crippen LogP contribution in [0, 0.1) is 5.82 Å². The third kappa shape index (κ3) is 5.75. The summed E-state index contributed by atoms with van der Waals surface area (Å²) in [5.74, 6) is -0.742. The van der Waals surface area contributed by atoms with Gasteiger partial charge in [-0.05, 0) is 41.5 Å². The molecule has 4 aromatic carbocycles. The summed E-state index contributed by atoms with van der Waals surface area (Å²) in [4.78, 5) is 18.1. The lowest BCUT2D eigenvalue weighted by Gasteiger charge is -2.21. The van der Waals surface area contributed by atoms with Gasteiger partial charge in [0.05, 0.1) is 12.7 Å². The van der Waals surface area contributed by atoms with Crippen LogP contribution in [0.2, 0.25) is 0 Å². The summed E-state index contributed by atoms with van der Waals surface area (Å²) in [5.41, 5.74) is 6.25. The fraction of sp³-hybridized carbons (Fsp3) is 0.129. The van der Waals surface area contributed by atoms with E-state index in [0.717, 1.165) is 11.1 Å². The Balaban J connectivity index is 1.71. The van der Waals surface area contributed by atoms with Gasteiger partial charge in [0.15, 0.2) is 9.84 Å². The minimum atomic E-state index is -3.54. The van der Waals surface area contributed by atoms with Crippen LogP contribution in [0.3, 0.4) is 0 Å². The summed E-state index contributed by atoms with van der Waals surface area (Å²) in [6.07, 6.45) is 1.44. The maximum absolute atomic E-state index is 13.7. The van der Waals surface area contributed by atoms with Crippen molar-refractivity contribution < 1.29 is 26.9 Å². The van der Waals surface area contributed by atoms with Crippen LogP contribution >= 0.6 is 0 Å². The van der Waals surface area contributed by atoms with Crippen molar-refractivity contribution in [2.24, 2.45) is 0 Å². The molecule has 7 nitrogen and oxygen atoms in total. The summed E-state index contributed by atoms with van der Waals surface area (Å²) in [7, 11) is -2.22. The highest BCUT2D eigenvalue weighted by molar-refractivity contribution is 7.91. The molecule has 5 aromatic rings. The summed E-state index contributed by atoms with van der Waals surface area (Å²) >= 11 is 0. The van der Waals surface area contributed by atoms with Crippen molar-refractivity contribution in [3.63, 3.8) is 0 Å². The fourth-order valence-electron chi connectivity index (χ4n) is 4.60. The van der Waals surface area contributed by atoms with E-state index >= 15 is 0 Å². The molecule has 0 aliphatic carbocycles. The number of fused-ring (bicyclic) bond motifs is 1. The Morgan fingerprint density at radius 1 is 0.925 bits per heavy atom. The Bertz CT molecular complexity index is 1750. The molecule has 2 N–H and O–H groups in total. The number of carbonyl (C=O) groups is 1. The van der Waals surface area contributed by atoms with E-state index in [2.05, 4.69) is 10.8 Å². The molecule has 0 spiro atoms. The van der Waals surface area contributed by atoms with Gasteiger partial charge in [0, 0.05) is 40.9 Å². The number of hydrogen-bond donors (Lipinski definition) is 2. The van der Waals surface area contributed by atoms with Crippen molar-refractivity contribution in [1.82, 2.24) is 5.48 Å². The first-order valence-electron chi connectivity index (χ1n) is 12.5. The van der Waals surface area contributed by atoms with E-state index in [1.54, 1.807) is 12.1 Å². The van der Waals surface area contributed by atoms with Crippen molar-refractivity contribution in [2.75, 3.05) is 18.7 Å². The predicted octanol–water partition coefficient (Wildman–Crippen LogP) is 6.22. The number of carbonyl (C=O) groups excluding carboxylic acids is 1. The van der Waals surface area contributed by atoms with Crippen LogP contribution in [-0.2, 0) is 21.1 Å². The fourth-order valence-corrected chi connectivity index (χ4v) is 5.44. The normalized spacial score (nSPS) is 12.3. The van der Waals surface area contributed by atoms with Gasteiger partial charge in [0.1, 0.15) is 22.5 Å². The highest BCUT2D eigenvalue weighted by Gasteiger charge is 2.27. The van der Waals surface area contributed by atoms with E-state index in [1.807, 2.05) is 60.7 Å². The minimum Gasteiger partial charge on any atom is -0.455 e. The predicted molar refractivity (Wildman–Crippen MR) is 154 cm³/mol. The van der Waals surface area contributed by atoms with Crippen molar-refractivity contribution >= 4 is 32.4 Å². The second-order valence-corrected chi connectivity index (χ2v) is 11.6. The van der Waals surface area contributed by atoms with Gasteiger partial charge < -0.3 is 9.73 Å². The van der Waals surface area contributed by atoms with Gasteiger partial charge in [0.2, 0.25) is 0 Å². The van der Waals surface area contributed by atoms with E-state index in [4.69, 9.17) is 9.25 Å². The lowest BCUT2D eigenvalue weighted by Crippen LogP contribution is -2.31. The van der Waals surface area contributed by atoms with Crippen molar-refractivity contribution in [3.05, 3.63) is 114 Å². The molecule has 0 radical (unpaired) electrons. The van der Waals surface area contributed by atoms with Crippen molar-refractivity contribution in [3.8, 4) is 22.5 Å². The van der Waals surface area contributed by atoms with Gasteiger partial charge in [-0.15, -0.1) is 0 Å². The van der Waals surface area contributed by atoms with Gasteiger partial charge >= 0.3 is 0 Å². The summed E-state index contributed by atoms with van der Waals surface area (Å²) in [6.45, 7) is 0. The topological polar surface area (TPSA) is 97.6 Å². The van der Waals surface area contributed by atoms with Crippen molar-refractivity contribution in [2.45, 2.75) is 11.8 Å². The van der Waals surface area contributed by atoms with E-state index in [0.29, 0.717) is 27.8 Å². The zero-order valence-corrected chi connectivity index (χ0v) is 22.7. The first-order chi connectivity index (χ1) is 19.2. The third-order valence-corrected chi connectivity index (χ3v) is 7.86. The molecule has 40 heavy (non-hydrogen) atoms. The molecular formula is C31H27FN2O5S. The average Bonchev–Trinajstić information content (AvgIpc) is 3.32. The van der Waals surface area contributed by atoms with Crippen LogP contribution in [0.5, 0.6) is 0 Å². The number of furan rings is 1. The Hall–Kier alpha value is -4.47. The van der Waals surface area contributed by atoms with Gasteiger partial charge in [-0.25, -0.2) is 18.3 Å². The Labute approximate surface area is 231 Å². The van der Waals surface area contributed by atoms with Crippen LogP contribution < -0.4 is 10.8 Å². The Kier molecular flexibility index (Phi) is 7.68. The molecule has 204 valence electrons. The molecule has 0 fully saturated rings. The molecular weight excluding hydrogens is 531 g/mol. The quantitative estimate of drug-likeness (QED) is 0.209. The molecule has 0 aliphatic heterocycles. The zero-order chi connectivity index (χ0) is 28.3. The van der Waals surface area contributed by atoms with E-state index in [1.165, 1.54) is 37.6 Å². The molecule has 1 unspecified atom stereocenters. The second-order valence-electron chi connectivity index (χ2n) is 9.36. The van der Waals surface area contributed by atoms with Gasteiger partial charge in [0.25, 0.3) is 5.91 Å². The van der Waals surface area contributed by atoms with Crippen LogP contribution in [0.1, 0.15) is 15.9 Å². The number of hydroxylamine groups is 1. The van der Waals surface area contributed by atoms with E-state index in [-0.39, 0.29) is 17.7 Å². The number of hydrogen-bond acceptors (Lipinski definition) is 6. The number of benzene rings is 4. The molecule has 1 heterocycles. The average molecular weight is 559 g/mol. The third-order valence-electron chi connectivity index (χ3n) is 6.54.